The highest BCUT2D eigenvalue weighted by Gasteiger charge is 2.39. The number of hydrogen-bond acceptors (Lipinski definition) is 10. The molecule has 0 saturated carbocycles. The summed E-state index contributed by atoms with van der Waals surface area (Å²) in [7, 11) is 4.25. The van der Waals surface area contributed by atoms with Gasteiger partial charge in [0.25, 0.3) is 0 Å². The molecule has 11 aromatic rings. The summed E-state index contributed by atoms with van der Waals surface area (Å²) in [5.41, 5.74) is 27.3. The zero-order valence-corrected chi connectivity index (χ0v) is 63.3. The minimum atomic E-state index is 0.200. The minimum Gasteiger partial charge on any atom is -0.359 e. The largest absolute Gasteiger partial charge is 0.359 e. The Labute approximate surface area is 615 Å². The van der Waals surface area contributed by atoms with Gasteiger partial charge < -0.3 is 49.0 Å². The van der Waals surface area contributed by atoms with Crippen molar-refractivity contribution in [3.8, 4) is 0 Å². The highest BCUT2D eigenvalue weighted by atomic mass is 15.4. The Balaban J connectivity index is 0.000000124. The molecule has 5 atom stereocenters. The Hall–Kier alpha value is -11.1. The topological polar surface area (TPSA) is 32.4 Å². The van der Waals surface area contributed by atoms with E-state index >= 15 is 0 Å². The van der Waals surface area contributed by atoms with Gasteiger partial charge in [-0.3, -0.25) is 0 Å². The molecule has 5 aliphatic rings. The quantitative estimate of drug-likeness (QED) is 0.132. The van der Waals surface area contributed by atoms with E-state index in [9.17, 15) is 0 Å². The average Bonchev–Trinajstić information content (AvgIpc) is 1.59. The van der Waals surface area contributed by atoms with Gasteiger partial charge in [0.1, 0.15) is 30.8 Å². The van der Waals surface area contributed by atoms with Crippen LogP contribution < -0.4 is 44.1 Å². The summed E-state index contributed by atoms with van der Waals surface area (Å²) in [6.45, 7) is 31.3. The van der Waals surface area contributed by atoms with Gasteiger partial charge >= 0.3 is 0 Å². The van der Waals surface area contributed by atoms with Crippen LogP contribution in [0.1, 0.15) is 113 Å². The first-order chi connectivity index (χ1) is 49.9. The molecule has 10 heteroatoms. The Bertz CT molecular complexity index is 4690. The van der Waals surface area contributed by atoms with Crippen LogP contribution in [0.25, 0.3) is 0 Å². The fraction of sp³-hybridized carbons (Fsp3) is 0.247. The minimum absolute atomic E-state index is 0.200. The normalized spacial score (nSPS) is 17.5. The highest BCUT2D eigenvalue weighted by molar-refractivity contribution is 5.92. The van der Waals surface area contributed by atoms with Gasteiger partial charge in [0.2, 0.25) is 0 Å². The summed E-state index contributed by atoms with van der Waals surface area (Å²) in [5.74, 6) is 0.936. The predicted octanol–water partition coefficient (Wildman–Crippen LogP) is 24.1. The fourth-order valence-electron chi connectivity index (χ4n) is 15.2. The molecule has 0 radical (unpaired) electrons. The predicted molar refractivity (Wildman–Crippen MR) is 443 cm³/mol. The lowest BCUT2D eigenvalue weighted by Gasteiger charge is -2.35. The van der Waals surface area contributed by atoms with Crippen molar-refractivity contribution < 1.29 is 0 Å². The Morgan fingerprint density at radius 1 is 0.233 bits per heavy atom. The molecule has 0 unspecified atom stereocenters. The van der Waals surface area contributed by atoms with E-state index in [-0.39, 0.29) is 12.3 Å². The summed E-state index contributed by atoms with van der Waals surface area (Å²) >= 11 is 0. The van der Waals surface area contributed by atoms with E-state index in [0.29, 0.717) is 30.3 Å². The van der Waals surface area contributed by atoms with Gasteiger partial charge in [-0.15, -0.1) is 0 Å². The molecule has 0 aromatic heterocycles. The lowest BCUT2D eigenvalue weighted by molar-refractivity contribution is 0.383. The van der Waals surface area contributed by atoms with Crippen LogP contribution in [0.3, 0.4) is 0 Å². The second-order valence-electron chi connectivity index (χ2n) is 28.3. The van der Waals surface area contributed by atoms with Gasteiger partial charge in [0, 0.05) is 78.7 Å². The number of hydrogen-bond donors (Lipinski definition) is 0. The number of anilines is 14. The van der Waals surface area contributed by atoms with Crippen LogP contribution in [0.5, 0.6) is 0 Å². The van der Waals surface area contributed by atoms with Crippen LogP contribution in [-0.4, -0.2) is 49.8 Å². The van der Waals surface area contributed by atoms with E-state index in [4.69, 9.17) is 0 Å². The van der Waals surface area contributed by atoms with Crippen molar-refractivity contribution in [2.75, 3.05) is 58.2 Å². The lowest BCUT2D eigenvalue weighted by Crippen LogP contribution is -2.36. The van der Waals surface area contributed by atoms with Crippen molar-refractivity contribution in [3.63, 3.8) is 0 Å². The van der Waals surface area contributed by atoms with E-state index in [0.717, 1.165) is 0 Å². The number of benzene rings is 11. The summed E-state index contributed by atoms with van der Waals surface area (Å²) in [6.07, 6.45) is 10.0. The van der Waals surface area contributed by atoms with Gasteiger partial charge in [-0.1, -0.05) is 210 Å². The SMILES string of the molecule is Cc1ccccc1N1C=CN(C)[C@@H]1C.Cc1ccccc1N1C=CN(c2ccccc2)[C@@H]1C.Cc1ccccc1N1c2ccccc2N(C)[C@@H]1C.Cc1ccccc1N1c2ccccc2N(c2c(C(C)C)cccc2C(C)C)[C@@H]1C.Cc1ccccc1N1c2ccccc2N(c2ccccc2)[C@@H]1C. The summed E-state index contributed by atoms with van der Waals surface area (Å²) < 4.78 is 0. The highest BCUT2D eigenvalue weighted by Crippen LogP contribution is 2.53. The molecule has 0 bridgehead atoms. The molecule has 103 heavy (non-hydrogen) atoms. The molecule has 0 N–H and O–H groups in total. The zero-order chi connectivity index (χ0) is 72.6. The Morgan fingerprint density at radius 2 is 0.524 bits per heavy atom. The molecule has 0 amide bonds. The molecule has 5 aliphatic heterocycles. The van der Waals surface area contributed by atoms with Crippen molar-refractivity contribution in [3.05, 3.63) is 337 Å². The number of para-hydroxylation sites is 14. The maximum atomic E-state index is 2.56. The maximum absolute atomic E-state index is 2.56. The third-order valence-corrected chi connectivity index (χ3v) is 21.0. The first-order valence-corrected chi connectivity index (χ1v) is 36.8. The van der Waals surface area contributed by atoms with E-state index < -0.39 is 0 Å². The van der Waals surface area contributed by atoms with Gasteiger partial charge in [-0.2, -0.15) is 0 Å². The molecule has 5 heterocycles. The van der Waals surface area contributed by atoms with Crippen LogP contribution in [0.15, 0.2) is 298 Å². The van der Waals surface area contributed by atoms with Crippen molar-refractivity contribution in [2.45, 2.75) is 140 Å². The fourth-order valence-corrected chi connectivity index (χ4v) is 15.2. The average molecular weight is 1360 g/mol. The van der Waals surface area contributed by atoms with Crippen molar-refractivity contribution in [1.82, 2.24) is 4.90 Å². The number of aryl methyl sites for hydroxylation is 5. The van der Waals surface area contributed by atoms with E-state index in [1.54, 1.807) is 0 Å². The van der Waals surface area contributed by atoms with Crippen molar-refractivity contribution in [2.24, 2.45) is 0 Å². The zero-order valence-electron chi connectivity index (χ0n) is 63.3. The molecule has 0 fully saturated rings. The van der Waals surface area contributed by atoms with E-state index in [2.05, 4.69) is 452 Å². The van der Waals surface area contributed by atoms with Gasteiger partial charge in [0.15, 0.2) is 0 Å². The van der Waals surface area contributed by atoms with Crippen LogP contribution in [0.2, 0.25) is 0 Å². The number of fused-ring (bicyclic) bond motifs is 3. The molecule has 10 nitrogen and oxygen atoms in total. The van der Waals surface area contributed by atoms with E-state index in [1.807, 2.05) is 6.07 Å². The van der Waals surface area contributed by atoms with Gasteiger partial charge in [0.05, 0.1) is 39.8 Å². The van der Waals surface area contributed by atoms with Crippen LogP contribution in [0.4, 0.5) is 79.6 Å². The lowest BCUT2D eigenvalue weighted by atomic mass is 9.91. The van der Waals surface area contributed by atoms with Crippen molar-refractivity contribution >= 4 is 79.6 Å². The first-order valence-electron chi connectivity index (χ1n) is 36.8. The van der Waals surface area contributed by atoms with Crippen molar-refractivity contribution in [1.29, 1.82) is 0 Å². The van der Waals surface area contributed by atoms with Crippen LogP contribution in [-0.2, 0) is 0 Å². The molecule has 526 valence electrons. The third kappa shape index (κ3) is 14.7. The molecule has 0 spiro atoms. The molecular weight excluding hydrogens is 1260 g/mol. The Kier molecular flexibility index (Phi) is 22.2. The molecular formula is C93H104N10. The summed E-state index contributed by atoms with van der Waals surface area (Å²) in [6, 6.07) is 96.8. The molecule has 16 rings (SSSR count). The number of rotatable bonds is 10. The molecule has 0 saturated heterocycles. The second-order valence-corrected chi connectivity index (χ2v) is 28.3. The number of nitrogens with zero attached hydrogens (tertiary/aromatic N) is 10. The van der Waals surface area contributed by atoms with E-state index in [1.165, 1.54) is 119 Å². The molecule has 11 aromatic carbocycles. The van der Waals surface area contributed by atoms with Crippen LogP contribution in [0, 0.1) is 34.6 Å². The first kappa shape index (κ1) is 71.7. The molecule has 0 aliphatic carbocycles. The standard InChI is InChI=1S/C27H32N2.C21H20N2.C17H18N2.C16H18N2.C12H16N2/c1-18(2)22-13-11-14-23(19(3)4)27(22)29-21(6)28(24-15-8-7-12-20(24)5)25-16-9-10-17-26(25)29;1-16-10-6-7-13-19(16)23-17(2)22(18-11-4-3-5-12-18)20-14-8-9-15-21(20)23;1-14-8-6-7-11-17(14)19-13-12-18(15(19)2)16-9-4-3-5-10-16;1-12-8-4-5-9-14(12)18-13(2)17(3)15-10-6-7-11-16(15)18;1-10-6-4-5-7-12(10)14-9-8-13(3)11(14)2/h7-19,21H,1-6H3;3-15,17H,1-2H3;3-13,15H,1-2H3;4-11,13H,1-3H3;4-9,11H,1-3H3/t21-;17-;15-;13-;11-/m10000/s1. The summed E-state index contributed by atoms with van der Waals surface area (Å²) in [4.78, 5) is 23.7. The van der Waals surface area contributed by atoms with Crippen LogP contribution >= 0.6 is 0 Å². The smallest absolute Gasteiger partial charge is 0.108 e. The monoisotopic (exact) mass is 1360 g/mol. The third-order valence-electron chi connectivity index (χ3n) is 21.0. The van der Waals surface area contributed by atoms with Gasteiger partial charge in [-0.25, -0.2) is 0 Å². The second kappa shape index (κ2) is 31.8. The maximum Gasteiger partial charge on any atom is 0.108 e. The summed E-state index contributed by atoms with van der Waals surface area (Å²) in [5, 5.41) is 0. The van der Waals surface area contributed by atoms with Gasteiger partial charge in [-0.05, 0) is 211 Å². The Morgan fingerprint density at radius 3 is 0.913 bits per heavy atom.